The molecule has 2 amide bonds. The number of rotatable bonds is 7. The number of imidazole rings is 1. The van der Waals surface area contributed by atoms with Crippen molar-refractivity contribution in [2.45, 2.75) is 31.9 Å². The highest BCUT2D eigenvalue weighted by molar-refractivity contribution is 6.30. The minimum atomic E-state index is -0.0544. The average molecular weight is 506 g/mol. The quantitative estimate of drug-likeness (QED) is 0.331. The highest BCUT2D eigenvalue weighted by Gasteiger charge is 2.26. The van der Waals surface area contributed by atoms with E-state index in [1.54, 1.807) is 19.2 Å². The van der Waals surface area contributed by atoms with Crippen molar-refractivity contribution in [1.29, 1.82) is 0 Å². The Hall–Kier alpha value is -3.85. The molecule has 1 unspecified atom stereocenters. The van der Waals surface area contributed by atoms with Gasteiger partial charge in [0.2, 0.25) is 0 Å². The Morgan fingerprint density at radius 2 is 2.00 bits per heavy atom. The number of hydrogen-bond acceptors (Lipinski definition) is 6. The molecule has 5 rings (SSSR count). The van der Waals surface area contributed by atoms with Crippen molar-refractivity contribution in [3.63, 3.8) is 0 Å². The van der Waals surface area contributed by atoms with Crippen LogP contribution in [-0.2, 0) is 6.61 Å². The van der Waals surface area contributed by atoms with Gasteiger partial charge in [0.15, 0.2) is 17.3 Å². The lowest BCUT2D eigenvalue weighted by molar-refractivity contribution is 0.157. The van der Waals surface area contributed by atoms with Gasteiger partial charge in [0.1, 0.15) is 23.7 Å². The molecular formula is C26H28ClN7O2. The van der Waals surface area contributed by atoms with Gasteiger partial charge in [-0.05, 0) is 37.5 Å². The molecule has 9 nitrogen and oxygen atoms in total. The first-order valence-corrected chi connectivity index (χ1v) is 12.4. The van der Waals surface area contributed by atoms with Crippen molar-refractivity contribution < 1.29 is 9.53 Å². The number of urea groups is 1. The molecule has 10 heteroatoms. The maximum absolute atomic E-state index is 12.4. The largest absolute Gasteiger partial charge is 0.486 e. The summed E-state index contributed by atoms with van der Waals surface area (Å²) in [6, 6.07) is 17.0. The van der Waals surface area contributed by atoms with Crippen LogP contribution in [-0.4, -0.2) is 57.0 Å². The molecule has 0 spiro atoms. The van der Waals surface area contributed by atoms with Crippen molar-refractivity contribution >= 4 is 34.6 Å². The van der Waals surface area contributed by atoms with Gasteiger partial charge in [0.05, 0.1) is 6.04 Å². The maximum atomic E-state index is 12.4. The van der Waals surface area contributed by atoms with E-state index in [-0.39, 0.29) is 18.7 Å². The molecule has 186 valence electrons. The summed E-state index contributed by atoms with van der Waals surface area (Å²) in [5, 5.41) is 6.83. The Morgan fingerprint density at radius 1 is 1.14 bits per heavy atom. The summed E-state index contributed by atoms with van der Waals surface area (Å²) in [5.41, 5.74) is 2.14. The van der Waals surface area contributed by atoms with Crippen molar-refractivity contribution in [1.82, 2.24) is 30.2 Å². The van der Waals surface area contributed by atoms with Crippen LogP contribution in [0.5, 0.6) is 5.75 Å². The molecule has 1 atom stereocenters. The minimum Gasteiger partial charge on any atom is -0.486 e. The predicted molar refractivity (Wildman–Crippen MR) is 140 cm³/mol. The van der Waals surface area contributed by atoms with Crippen LogP contribution in [0.4, 0.5) is 10.6 Å². The third-order valence-electron chi connectivity index (χ3n) is 6.21. The zero-order valence-corrected chi connectivity index (χ0v) is 20.8. The van der Waals surface area contributed by atoms with Crippen molar-refractivity contribution in [3.05, 3.63) is 65.4 Å². The normalized spacial score (nSPS) is 15.6. The number of aromatic amines is 1. The van der Waals surface area contributed by atoms with Crippen LogP contribution in [0.1, 0.15) is 25.1 Å². The second-order valence-electron chi connectivity index (χ2n) is 8.67. The predicted octanol–water partition coefficient (Wildman–Crippen LogP) is 4.86. The number of benzene rings is 2. The second-order valence-corrected chi connectivity index (χ2v) is 9.11. The Morgan fingerprint density at radius 3 is 2.81 bits per heavy atom. The molecule has 1 aliphatic heterocycles. The van der Waals surface area contributed by atoms with Crippen LogP contribution in [0.25, 0.3) is 22.6 Å². The summed E-state index contributed by atoms with van der Waals surface area (Å²) in [4.78, 5) is 31.8. The Bertz CT molecular complexity index is 1340. The Balaban J connectivity index is 1.43. The lowest BCUT2D eigenvalue weighted by Gasteiger charge is -2.35. The van der Waals surface area contributed by atoms with E-state index in [2.05, 4.69) is 20.6 Å². The van der Waals surface area contributed by atoms with E-state index in [1.165, 1.54) is 0 Å². The third-order valence-corrected chi connectivity index (χ3v) is 6.45. The SMILES string of the molecule is CNC(=O)N1CCCCC1CNc1nc(-c2ccccc2)nc2nc(COc3cccc(Cl)c3)[nH]c12. The van der Waals surface area contributed by atoms with Crippen LogP contribution in [0.2, 0.25) is 5.02 Å². The number of halogens is 1. The first-order valence-electron chi connectivity index (χ1n) is 12.0. The highest BCUT2D eigenvalue weighted by atomic mass is 35.5. The zero-order valence-electron chi connectivity index (χ0n) is 20.0. The Kier molecular flexibility index (Phi) is 7.18. The number of fused-ring (bicyclic) bond motifs is 1. The molecule has 1 saturated heterocycles. The molecule has 3 heterocycles. The van der Waals surface area contributed by atoms with E-state index in [4.69, 9.17) is 26.3 Å². The van der Waals surface area contributed by atoms with E-state index in [0.717, 1.165) is 31.4 Å². The monoisotopic (exact) mass is 505 g/mol. The van der Waals surface area contributed by atoms with Gasteiger partial charge in [-0.25, -0.2) is 19.7 Å². The lowest BCUT2D eigenvalue weighted by atomic mass is 10.0. The molecular weight excluding hydrogens is 478 g/mol. The maximum Gasteiger partial charge on any atom is 0.317 e. The molecule has 0 saturated carbocycles. The number of carbonyl (C=O) groups excluding carboxylic acids is 1. The highest BCUT2D eigenvalue weighted by Crippen LogP contribution is 2.26. The van der Waals surface area contributed by atoms with E-state index in [0.29, 0.717) is 45.9 Å². The van der Waals surface area contributed by atoms with E-state index in [9.17, 15) is 4.79 Å². The number of hydrogen-bond donors (Lipinski definition) is 3. The molecule has 0 bridgehead atoms. The third kappa shape index (κ3) is 5.36. The number of nitrogens with one attached hydrogen (secondary N) is 3. The molecule has 36 heavy (non-hydrogen) atoms. The first-order chi connectivity index (χ1) is 17.6. The standard InChI is InChI=1S/C26H28ClN7O2/c1-28-26(35)34-13-6-5-11-19(34)15-29-24-22-25(33-23(32-24)17-8-3-2-4-9-17)31-21(30-22)16-36-20-12-7-10-18(27)14-20/h2-4,7-10,12,14,19H,5-6,11,13,15-16H2,1H3,(H,28,35)(H2,29,30,31,32,33). The van der Waals surface area contributed by atoms with Gasteiger partial charge in [-0.3, -0.25) is 0 Å². The van der Waals surface area contributed by atoms with Crippen LogP contribution in [0.15, 0.2) is 54.6 Å². The van der Waals surface area contributed by atoms with Gasteiger partial charge in [-0.15, -0.1) is 0 Å². The summed E-state index contributed by atoms with van der Waals surface area (Å²) in [6.07, 6.45) is 3.03. The molecule has 2 aromatic carbocycles. The summed E-state index contributed by atoms with van der Waals surface area (Å²) in [6.45, 7) is 1.54. The lowest BCUT2D eigenvalue weighted by Crippen LogP contribution is -2.50. The summed E-state index contributed by atoms with van der Waals surface area (Å²) in [7, 11) is 1.67. The number of amides is 2. The number of H-pyrrole nitrogens is 1. The van der Waals surface area contributed by atoms with Crippen LogP contribution >= 0.6 is 11.6 Å². The van der Waals surface area contributed by atoms with Crippen LogP contribution in [0, 0.1) is 0 Å². The van der Waals surface area contributed by atoms with Crippen LogP contribution in [0.3, 0.4) is 0 Å². The number of piperidine rings is 1. The number of carbonyl (C=O) groups is 1. The Labute approximate surface area is 214 Å². The van der Waals surface area contributed by atoms with E-state index < -0.39 is 0 Å². The fourth-order valence-electron chi connectivity index (χ4n) is 4.40. The van der Waals surface area contributed by atoms with E-state index >= 15 is 0 Å². The number of ether oxygens (including phenoxy) is 1. The van der Waals surface area contributed by atoms with Crippen LogP contribution < -0.4 is 15.4 Å². The molecule has 2 aromatic heterocycles. The van der Waals surface area contributed by atoms with Gasteiger partial charge in [-0.1, -0.05) is 48.0 Å². The average Bonchev–Trinajstić information content (AvgIpc) is 3.34. The van der Waals surface area contributed by atoms with Crippen molar-refractivity contribution in [2.24, 2.45) is 0 Å². The number of nitrogens with zero attached hydrogens (tertiary/aromatic N) is 4. The zero-order chi connectivity index (χ0) is 24.9. The first kappa shape index (κ1) is 23.9. The topological polar surface area (TPSA) is 108 Å². The second kappa shape index (κ2) is 10.8. The minimum absolute atomic E-state index is 0.0544. The number of anilines is 1. The fourth-order valence-corrected chi connectivity index (χ4v) is 4.58. The van der Waals surface area contributed by atoms with Crippen molar-refractivity contribution in [2.75, 3.05) is 25.5 Å². The molecule has 4 aromatic rings. The number of likely N-dealkylation sites (tertiary alicyclic amines) is 1. The van der Waals surface area contributed by atoms with Gasteiger partial charge in [0.25, 0.3) is 0 Å². The molecule has 3 N–H and O–H groups in total. The van der Waals surface area contributed by atoms with Gasteiger partial charge >= 0.3 is 6.03 Å². The molecule has 0 aliphatic carbocycles. The molecule has 0 radical (unpaired) electrons. The summed E-state index contributed by atoms with van der Waals surface area (Å²) >= 11 is 6.07. The molecule has 1 fully saturated rings. The van der Waals surface area contributed by atoms with Gasteiger partial charge in [-0.2, -0.15) is 0 Å². The number of aromatic nitrogens is 4. The van der Waals surface area contributed by atoms with Gasteiger partial charge in [0, 0.05) is 30.7 Å². The fraction of sp³-hybridized carbons (Fsp3) is 0.308. The van der Waals surface area contributed by atoms with Gasteiger partial charge < -0.3 is 25.3 Å². The summed E-state index contributed by atoms with van der Waals surface area (Å²) < 4.78 is 5.87. The van der Waals surface area contributed by atoms with E-state index in [1.807, 2.05) is 47.4 Å². The smallest absolute Gasteiger partial charge is 0.317 e. The summed E-state index contributed by atoms with van der Waals surface area (Å²) in [5.74, 6) is 2.50. The van der Waals surface area contributed by atoms with Crippen molar-refractivity contribution in [3.8, 4) is 17.1 Å². The molecule has 1 aliphatic rings.